The number of rotatable bonds is 4. The van der Waals surface area contributed by atoms with E-state index in [0.29, 0.717) is 18.9 Å². The van der Waals surface area contributed by atoms with Gasteiger partial charge < -0.3 is 15.0 Å². The summed E-state index contributed by atoms with van der Waals surface area (Å²) in [5.41, 5.74) is 2.09. The van der Waals surface area contributed by atoms with Gasteiger partial charge in [-0.2, -0.15) is 0 Å². The zero-order valence-corrected chi connectivity index (χ0v) is 12.1. The van der Waals surface area contributed by atoms with E-state index >= 15 is 0 Å². The first-order valence-corrected chi connectivity index (χ1v) is 6.72. The van der Waals surface area contributed by atoms with Crippen molar-refractivity contribution in [2.75, 3.05) is 25.6 Å². The average molecular weight is 262 g/mol. The lowest BCUT2D eigenvalue weighted by Gasteiger charge is -2.21. The van der Waals surface area contributed by atoms with Gasteiger partial charge in [-0.05, 0) is 30.7 Å². The fourth-order valence-corrected chi connectivity index (χ4v) is 2.41. The topological polar surface area (TPSA) is 41.6 Å². The van der Waals surface area contributed by atoms with E-state index in [0.717, 1.165) is 11.4 Å². The Morgan fingerprint density at radius 1 is 1.42 bits per heavy atom. The number of benzene rings is 1. The largest absolute Gasteiger partial charge is 0.495 e. The van der Waals surface area contributed by atoms with E-state index in [2.05, 4.69) is 25.2 Å². The van der Waals surface area contributed by atoms with Crippen LogP contribution in [0.1, 0.15) is 31.7 Å². The number of carbonyl (C=O) groups excluding carboxylic acids is 1. The van der Waals surface area contributed by atoms with Crippen molar-refractivity contribution in [3.63, 3.8) is 0 Å². The van der Waals surface area contributed by atoms with Gasteiger partial charge in [0.1, 0.15) is 5.75 Å². The Hall–Kier alpha value is -1.55. The van der Waals surface area contributed by atoms with Gasteiger partial charge in [-0.25, -0.2) is 0 Å². The van der Waals surface area contributed by atoms with Crippen molar-refractivity contribution in [3.05, 3.63) is 23.8 Å². The first kappa shape index (κ1) is 13.9. The molecule has 1 aromatic rings. The fourth-order valence-electron chi connectivity index (χ4n) is 2.41. The van der Waals surface area contributed by atoms with Gasteiger partial charge in [-0.1, -0.05) is 19.9 Å². The molecule has 1 amide bonds. The first-order valence-electron chi connectivity index (χ1n) is 6.72. The number of methoxy groups -OCH3 is 1. The molecule has 0 aromatic heterocycles. The minimum absolute atomic E-state index is 0.148. The van der Waals surface area contributed by atoms with Crippen LogP contribution < -0.4 is 15.0 Å². The Bertz CT molecular complexity index is 471. The Balaban J connectivity index is 2.32. The predicted molar refractivity (Wildman–Crippen MR) is 76.9 cm³/mol. The molecule has 1 aliphatic rings. The van der Waals surface area contributed by atoms with Crippen LogP contribution in [0, 0.1) is 0 Å². The molecule has 1 aromatic carbocycles. The third-order valence-electron chi connectivity index (χ3n) is 3.69. The van der Waals surface area contributed by atoms with Gasteiger partial charge in [0.15, 0.2) is 0 Å². The van der Waals surface area contributed by atoms with Crippen LogP contribution in [0.3, 0.4) is 0 Å². The SMILES string of the molecule is CNC1CC(=O)N(c2ccc(C(C)C)cc2OC)C1. The van der Waals surface area contributed by atoms with E-state index in [9.17, 15) is 4.79 Å². The molecule has 19 heavy (non-hydrogen) atoms. The minimum Gasteiger partial charge on any atom is -0.495 e. The molecule has 1 atom stereocenters. The maximum atomic E-state index is 12.1. The van der Waals surface area contributed by atoms with Crippen molar-refractivity contribution < 1.29 is 9.53 Å². The van der Waals surface area contributed by atoms with E-state index in [1.807, 2.05) is 24.1 Å². The summed E-state index contributed by atoms with van der Waals surface area (Å²) >= 11 is 0. The number of hydrogen-bond acceptors (Lipinski definition) is 3. The molecule has 1 aliphatic heterocycles. The smallest absolute Gasteiger partial charge is 0.228 e. The minimum atomic E-state index is 0.148. The molecule has 1 heterocycles. The van der Waals surface area contributed by atoms with Gasteiger partial charge in [0.25, 0.3) is 0 Å². The number of ether oxygens (including phenoxy) is 1. The van der Waals surface area contributed by atoms with Crippen LogP contribution in [-0.2, 0) is 4.79 Å². The summed E-state index contributed by atoms with van der Waals surface area (Å²) in [5.74, 6) is 1.37. The van der Waals surface area contributed by atoms with Gasteiger partial charge in [-0.15, -0.1) is 0 Å². The second-order valence-electron chi connectivity index (χ2n) is 5.28. The lowest BCUT2D eigenvalue weighted by Crippen LogP contribution is -2.30. The summed E-state index contributed by atoms with van der Waals surface area (Å²) in [7, 11) is 3.54. The van der Waals surface area contributed by atoms with Crippen LogP contribution in [-0.4, -0.2) is 32.7 Å². The van der Waals surface area contributed by atoms with Crippen LogP contribution in [0.15, 0.2) is 18.2 Å². The highest BCUT2D eigenvalue weighted by molar-refractivity contribution is 5.97. The zero-order valence-electron chi connectivity index (χ0n) is 12.1. The van der Waals surface area contributed by atoms with Crippen molar-refractivity contribution in [3.8, 4) is 5.75 Å². The second-order valence-corrected chi connectivity index (χ2v) is 5.28. The maximum Gasteiger partial charge on any atom is 0.228 e. The molecule has 104 valence electrons. The number of hydrogen-bond donors (Lipinski definition) is 1. The Morgan fingerprint density at radius 3 is 2.68 bits per heavy atom. The maximum absolute atomic E-state index is 12.1. The predicted octanol–water partition coefficient (Wildman–Crippen LogP) is 2.14. The molecule has 0 aliphatic carbocycles. The van der Waals surface area contributed by atoms with E-state index in [1.54, 1.807) is 7.11 Å². The van der Waals surface area contributed by atoms with Gasteiger partial charge in [0, 0.05) is 19.0 Å². The van der Waals surface area contributed by atoms with E-state index < -0.39 is 0 Å². The third-order valence-corrected chi connectivity index (χ3v) is 3.69. The molecule has 1 N–H and O–H groups in total. The highest BCUT2D eigenvalue weighted by Crippen LogP contribution is 2.34. The molecule has 1 unspecified atom stereocenters. The molecule has 4 nitrogen and oxygen atoms in total. The molecule has 0 bridgehead atoms. The number of anilines is 1. The number of nitrogens with zero attached hydrogens (tertiary/aromatic N) is 1. The van der Waals surface area contributed by atoms with Crippen LogP contribution in [0.2, 0.25) is 0 Å². The van der Waals surface area contributed by atoms with Crippen molar-refractivity contribution in [1.29, 1.82) is 0 Å². The van der Waals surface area contributed by atoms with E-state index in [4.69, 9.17) is 4.74 Å². The first-order chi connectivity index (χ1) is 9.06. The lowest BCUT2D eigenvalue weighted by atomic mass is 10.0. The summed E-state index contributed by atoms with van der Waals surface area (Å²) in [6, 6.07) is 6.31. The summed E-state index contributed by atoms with van der Waals surface area (Å²) < 4.78 is 5.45. The third kappa shape index (κ3) is 2.73. The Labute approximate surface area is 114 Å². The molecular weight excluding hydrogens is 240 g/mol. The zero-order chi connectivity index (χ0) is 14.0. The van der Waals surface area contributed by atoms with Crippen LogP contribution in [0.4, 0.5) is 5.69 Å². The Morgan fingerprint density at radius 2 is 2.16 bits per heavy atom. The van der Waals surface area contributed by atoms with Gasteiger partial charge in [-0.3, -0.25) is 4.79 Å². The number of amides is 1. The summed E-state index contributed by atoms with van der Waals surface area (Å²) in [6.07, 6.45) is 0.547. The molecular formula is C15H22N2O2. The van der Waals surface area contributed by atoms with E-state index in [-0.39, 0.29) is 11.9 Å². The van der Waals surface area contributed by atoms with Crippen molar-refractivity contribution in [1.82, 2.24) is 5.32 Å². The highest BCUT2D eigenvalue weighted by Gasteiger charge is 2.31. The van der Waals surface area contributed by atoms with Crippen LogP contribution in [0.25, 0.3) is 0 Å². The summed E-state index contributed by atoms with van der Waals surface area (Å²) in [6.45, 7) is 4.99. The average Bonchev–Trinajstić information content (AvgIpc) is 2.79. The van der Waals surface area contributed by atoms with Crippen LogP contribution >= 0.6 is 0 Å². The number of carbonyl (C=O) groups is 1. The molecule has 1 saturated heterocycles. The lowest BCUT2D eigenvalue weighted by molar-refractivity contribution is -0.117. The summed E-state index contributed by atoms with van der Waals surface area (Å²) in [4.78, 5) is 13.9. The fraction of sp³-hybridized carbons (Fsp3) is 0.533. The molecule has 0 spiro atoms. The highest BCUT2D eigenvalue weighted by atomic mass is 16.5. The molecule has 0 saturated carbocycles. The van der Waals surface area contributed by atoms with E-state index in [1.165, 1.54) is 5.56 Å². The second kappa shape index (κ2) is 5.61. The molecule has 1 fully saturated rings. The molecule has 4 heteroatoms. The molecule has 0 radical (unpaired) electrons. The number of nitrogens with one attached hydrogen (secondary N) is 1. The standard InChI is InChI=1S/C15H22N2O2/c1-10(2)11-5-6-13(14(7-11)19-4)17-9-12(16-3)8-15(17)18/h5-7,10,12,16H,8-9H2,1-4H3. The number of likely N-dealkylation sites (N-methyl/N-ethyl adjacent to an activating group) is 1. The monoisotopic (exact) mass is 262 g/mol. The Kier molecular flexibility index (Phi) is 4.10. The van der Waals surface area contributed by atoms with Crippen LogP contribution in [0.5, 0.6) is 5.75 Å². The molecule has 2 rings (SSSR count). The van der Waals surface area contributed by atoms with Gasteiger partial charge in [0.05, 0.1) is 12.8 Å². The van der Waals surface area contributed by atoms with Crippen molar-refractivity contribution >= 4 is 11.6 Å². The normalized spacial score (nSPS) is 19.3. The van der Waals surface area contributed by atoms with Crippen molar-refractivity contribution in [2.24, 2.45) is 0 Å². The van der Waals surface area contributed by atoms with Crippen molar-refractivity contribution in [2.45, 2.75) is 32.2 Å². The van der Waals surface area contributed by atoms with Gasteiger partial charge in [0.2, 0.25) is 5.91 Å². The quantitative estimate of drug-likeness (QED) is 0.904. The van der Waals surface area contributed by atoms with Gasteiger partial charge >= 0.3 is 0 Å². The summed E-state index contributed by atoms with van der Waals surface area (Å²) in [5, 5.41) is 3.16.